The van der Waals surface area contributed by atoms with E-state index in [1.54, 1.807) is 0 Å². The summed E-state index contributed by atoms with van der Waals surface area (Å²) in [6.07, 6.45) is -0.503. The summed E-state index contributed by atoms with van der Waals surface area (Å²) in [5.74, 6) is 0. The van der Waals surface area contributed by atoms with Gasteiger partial charge in [0.05, 0.1) is 12.2 Å². The molecule has 1 saturated heterocycles. The number of aliphatic hydroxyl groups excluding tert-OH is 2. The van der Waals surface area contributed by atoms with Crippen molar-refractivity contribution in [2.45, 2.75) is 39.0 Å². The summed E-state index contributed by atoms with van der Waals surface area (Å²) in [6.45, 7) is 10.3. The van der Waals surface area contributed by atoms with E-state index in [0.717, 1.165) is 32.7 Å². The lowest BCUT2D eigenvalue weighted by atomic mass is 10.1. The van der Waals surface area contributed by atoms with Gasteiger partial charge in [0.1, 0.15) is 0 Å². The Balaban J connectivity index is 2.34. The lowest BCUT2D eigenvalue weighted by Gasteiger charge is -2.40. The molecule has 0 aromatic carbocycles. The van der Waals surface area contributed by atoms with Crippen LogP contribution in [0.2, 0.25) is 0 Å². The first-order valence-corrected chi connectivity index (χ1v) is 5.81. The molecule has 1 rings (SSSR count). The summed E-state index contributed by atoms with van der Waals surface area (Å²) in [5.41, 5.74) is 0. The second-order valence-corrected chi connectivity index (χ2v) is 4.80. The second-order valence-electron chi connectivity index (χ2n) is 4.80. The molecule has 0 bridgehead atoms. The highest BCUT2D eigenvalue weighted by molar-refractivity contribution is 4.80. The molecule has 4 nitrogen and oxygen atoms in total. The normalized spacial score (nSPS) is 29.0. The first-order chi connectivity index (χ1) is 6.99. The molecule has 0 radical (unpaired) electrons. The van der Waals surface area contributed by atoms with Crippen LogP contribution in [0.1, 0.15) is 20.8 Å². The molecule has 0 amide bonds. The van der Waals surface area contributed by atoms with Gasteiger partial charge >= 0.3 is 0 Å². The van der Waals surface area contributed by atoms with Gasteiger partial charge in [-0.25, -0.2) is 0 Å². The third-order valence-corrected chi connectivity index (χ3v) is 2.87. The fourth-order valence-electron chi connectivity index (χ4n) is 2.22. The van der Waals surface area contributed by atoms with Crippen molar-refractivity contribution in [3.63, 3.8) is 0 Å². The van der Waals surface area contributed by atoms with Gasteiger partial charge in [-0.05, 0) is 20.8 Å². The number of β-amino-alcohol motifs (C(OH)–C–C–N with tert-alkyl or cyclic N) is 2. The second kappa shape index (κ2) is 5.80. The maximum Gasteiger partial charge on any atom is 0.0639 e. The maximum absolute atomic E-state index is 9.34. The molecule has 90 valence electrons. The van der Waals surface area contributed by atoms with Gasteiger partial charge in [-0.15, -0.1) is 0 Å². The molecule has 1 heterocycles. The summed E-state index contributed by atoms with van der Waals surface area (Å²) >= 11 is 0. The number of hydrogen-bond donors (Lipinski definition) is 2. The first-order valence-electron chi connectivity index (χ1n) is 5.81. The Morgan fingerprint density at radius 1 is 1.13 bits per heavy atom. The van der Waals surface area contributed by atoms with E-state index < -0.39 is 0 Å². The van der Waals surface area contributed by atoms with Crippen LogP contribution < -0.4 is 0 Å². The van der Waals surface area contributed by atoms with Crippen molar-refractivity contribution in [3.8, 4) is 0 Å². The van der Waals surface area contributed by atoms with Crippen LogP contribution in [0.15, 0.2) is 0 Å². The monoisotopic (exact) mass is 216 g/mol. The van der Waals surface area contributed by atoms with Crippen LogP contribution >= 0.6 is 0 Å². The van der Waals surface area contributed by atoms with E-state index in [1.807, 2.05) is 13.8 Å². The lowest BCUT2D eigenvalue weighted by Crippen LogP contribution is -2.54. The largest absolute Gasteiger partial charge is 0.392 e. The van der Waals surface area contributed by atoms with Crippen molar-refractivity contribution in [3.05, 3.63) is 0 Å². The van der Waals surface area contributed by atoms with Crippen LogP contribution in [0.5, 0.6) is 0 Å². The highest BCUT2D eigenvalue weighted by Crippen LogP contribution is 2.10. The van der Waals surface area contributed by atoms with E-state index in [2.05, 4.69) is 16.7 Å². The highest BCUT2D eigenvalue weighted by Gasteiger charge is 2.24. The van der Waals surface area contributed by atoms with Crippen molar-refractivity contribution in [1.29, 1.82) is 0 Å². The SMILES string of the molecule is C[C@H](O)CN1CCN(C[C@H](C)O)[C@@H](C)C1. The molecule has 1 fully saturated rings. The average molecular weight is 216 g/mol. The fourth-order valence-corrected chi connectivity index (χ4v) is 2.22. The van der Waals surface area contributed by atoms with E-state index in [4.69, 9.17) is 0 Å². The van der Waals surface area contributed by atoms with Crippen molar-refractivity contribution in [1.82, 2.24) is 9.80 Å². The Labute approximate surface area is 92.5 Å². The van der Waals surface area contributed by atoms with Crippen LogP contribution in [0.25, 0.3) is 0 Å². The van der Waals surface area contributed by atoms with Crippen LogP contribution in [-0.2, 0) is 0 Å². The summed E-state index contributed by atoms with van der Waals surface area (Å²) in [7, 11) is 0. The molecular weight excluding hydrogens is 192 g/mol. The van der Waals surface area contributed by atoms with E-state index in [1.165, 1.54) is 0 Å². The van der Waals surface area contributed by atoms with E-state index in [-0.39, 0.29) is 12.2 Å². The van der Waals surface area contributed by atoms with Crippen LogP contribution in [0, 0.1) is 0 Å². The number of piperazine rings is 1. The van der Waals surface area contributed by atoms with Crippen LogP contribution in [0.4, 0.5) is 0 Å². The van der Waals surface area contributed by atoms with Gasteiger partial charge in [0.2, 0.25) is 0 Å². The molecular formula is C11H24N2O2. The Bertz CT molecular complexity index is 185. The Kier molecular flexibility index (Phi) is 4.99. The molecule has 0 aliphatic carbocycles. The van der Waals surface area contributed by atoms with Crippen LogP contribution in [-0.4, -0.2) is 71.0 Å². The van der Waals surface area contributed by atoms with E-state index >= 15 is 0 Å². The number of hydrogen-bond acceptors (Lipinski definition) is 4. The number of nitrogens with zero attached hydrogens (tertiary/aromatic N) is 2. The topological polar surface area (TPSA) is 46.9 Å². The molecule has 15 heavy (non-hydrogen) atoms. The quantitative estimate of drug-likeness (QED) is 0.680. The van der Waals surface area contributed by atoms with Gasteiger partial charge in [-0.2, -0.15) is 0 Å². The molecule has 3 atom stereocenters. The summed E-state index contributed by atoms with van der Waals surface area (Å²) in [5, 5.41) is 18.6. The molecule has 2 N–H and O–H groups in total. The van der Waals surface area contributed by atoms with Crippen molar-refractivity contribution >= 4 is 0 Å². The fraction of sp³-hybridized carbons (Fsp3) is 1.00. The molecule has 1 aliphatic rings. The van der Waals surface area contributed by atoms with Crippen LogP contribution in [0.3, 0.4) is 0 Å². The molecule has 1 aliphatic heterocycles. The first kappa shape index (κ1) is 12.9. The van der Waals surface area contributed by atoms with Gasteiger partial charge in [-0.1, -0.05) is 0 Å². The minimum absolute atomic E-state index is 0.250. The van der Waals surface area contributed by atoms with Gasteiger partial charge in [0.15, 0.2) is 0 Å². The van der Waals surface area contributed by atoms with Gasteiger partial charge in [0, 0.05) is 38.8 Å². The van der Waals surface area contributed by atoms with Gasteiger partial charge in [-0.3, -0.25) is 9.80 Å². The molecule has 4 heteroatoms. The smallest absolute Gasteiger partial charge is 0.0639 e. The predicted molar refractivity (Wildman–Crippen MR) is 60.8 cm³/mol. The zero-order valence-electron chi connectivity index (χ0n) is 10.1. The van der Waals surface area contributed by atoms with Crippen molar-refractivity contribution < 1.29 is 10.2 Å². The third kappa shape index (κ3) is 4.47. The minimum Gasteiger partial charge on any atom is -0.392 e. The standard InChI is InChI=1S/C11H24N2O2/c1-9-6-12(7-10(2)14)4-5-13(9)8-11(3)15/h9-11,14-15H,4-8H2,1-3H3/t9-,10-,11-/m0/s1. The highest BCUT2D eigenvalue weighted by atomic mass is 16.3. The Morgan fingerprint density at radius 3 is 2.20 bits per heavy atom. The summed E-state index contributed by atoms with van der Waals surface area (Å²) in [4.78, 5) is 4.59. The van der Waals surface area contributed by atoms with Crippen molar-refractivity contribution in [2.24, 2.45) is 0 Å². The third-order valence-electron chi connectivity index (χ3n) is 2.87. The molecule has 0 spiro atoms. The lowest BCUT2D eigenvalue weighted by molar-refractivity contribution is 0.0276. The predicted octanol–water partition coefficient (Wildman–Crippen LogP) is -0.246. The zero-order valence-corrected chi connectivity index (χ0v) is 10.1. The number of aliphatic hydroxyl groups is 2. The van der Waals surface area contributed by atoms with E-state index in [0.29, 0.717) is 6.04 Å². The van der Waals surface area contributed by atoms with E-state index in [9.17, 15) is 10.2 Å². The molecule has 0 unspecified atom stereocenters. The zero-order chi connectivity index (χ0) is 11.4. The molecule has 0 aromatic rings. The average Bonchev–Trinajstić information content (AvgIpc) is 2.08. The summed E-state index contributed by atoms with van der Waals surface area (Å²) in [6, 6.07) is 0.465. The Morgan fingerprint density at radius 2 is 1.73 bits per heavy atom. The van der Waals surface area contributed by atoms with Gasteiger partial charge in [0.25, 0.3) is 0 Å². The minimum atomic E-state index is -0.254. The molecule has 0 saturated carbocycles. The number of rotatable bonds is 4. The maximum atomic E-state index is 9.34. The van der Waals surface area contributed by atoms with Gasteiger partial charge < -0.3 is 10.2 Å². The molecule has 0 aromatic heterocycles. The van der Waals surface area contributed by atoms with Crippen molar-refractivity contribution in [2.75, 3.05) is 32.7 Å². The summed E-state index contributed by atoms with van der Waals surface area (Å²) < 4.78 is 0. The Hall–Kier alpha value is -0.160.